The minimum Gasteiger partial charge on any atom is -0.340 e. The number of nitrogens with zero attached hydrogens (tertiary/aromatic N) is 3. The van der Waals surface area contributed by atoms with Crippen molar-refractivity contribution in [3.05, 3.63) is 81.0 Å². The number of likely N-dealkylation sites (N-methyl/N-ethyl adjacent to an activating group) is 2. The van der Waals surface area contributed by atoms with E-state index in [1.807, 2.05) is 37.3 Å². The van der Waals surface area contributed by atoms with Crippen LogP contribution in [0.25, 0.3) is 0 Å². The average Bonchev–Trinajstić information content (AvgIpc) is 3.10. The van der Waals surface area contributed by atoms with Gasteiger partial charge in [-0.05, 0) is 30.2 Å². The Bertz CT molecular complexity index is 1140. The highest BCUT2D eigenvalue weighted by molar-refractivity contribution is 6.35. The topological polar surface area (TPSA) is 73.0 Å². The van der Waals surface area contributed by atoms with Crippen molar-refractivity contribution < 1.29 is 14.4 Å². The molecule has 9 heteroatoms. The van der Waals surface area contributed by atoms with Gasteiger partial charge in [0.15, 0.2) is 0 Å². The van der Waals surface area contributed by atoms with Gasteiger partial charge in [0.05, 0.1) is 23.9 Å². The summed E-state index contributed by atoms with van der Waals surface area (Å²) < 4.78 is 0. The van der Waals surface area contributed by atoms with Crippen LogP contribution in [-0.4, -0.2) is 59.2 Å². The Labute approximate surface area is 202 Å². The monoisotopic (exact) mass is 486 g/mol. The van der Waals surface area contributed by atoms with E-state index in [0.29, 0.717) is 40.0 Å². The molecule has 2 aliphatic heterocycles. The summed E-state index contributed by atoms with van der Waals surface area (Å²) in [5.74, 6) is -0.476. The first-order chi connectivity index (χ1) is 15.8. The molecule has 0 aliphatic carbocycles. The molecule has 0 bridgehead atoms. The van der Waals surface area contributed by atoms with Gasteiger partial charge in [0.25, 0.3) is 5.91 Å². The van der Waals surface area contributed by atoms with Crippen molar-refractivity contribution in [1.29, 1.82) is 0 Å². The first-order valence-corrected chi connectivity index (χ1v) is 11.4. The fourth-order valence-electron chi connectivity index (χ4n) is 4.21. The molecule has 2 aromatic rings. The van der Waals surface area contributed by atoms with Crippen molar-refractivity contribution in [2.45, 2.75) is 19.5 Å². The van der Waals surface area contributed by atoms with E-state index >= 15 is 0 Å². The van der Waals surface area contributed by atoms with E-state index in [9.17, 15) is 14.4 Å². The summed E-state index contributed by atoms with van der Waals surface area (Å²) in [4.78, 5) is 43.7. The maximum atomic E-state index is 13.4. The van der Waals surface area contributed by atoms with Crippen molar-refractivity contribution in [3.8, 4) is 0 Å². The highest BCUT2D eigenvalue weighted by Crippen LogP contribution is 2.39. The van der Waals surface area contributed by atoms with Gasteiger partial charge in [0, 0.05) is 30.2 Å². The molecule has 0 unspecified atom stereocenters. The Morgan fingerprint density at radius 2 is 1.88 bits per heavy atom. The maximum absolute atomic E-state index is 13.4. The van der Waals surface area contributed by atoms with Crippen molar-refractivity contribution in [3.63, 3.8) is 0 Å². The minimum absolute atomic E-state index is 0.0814. The van der Waals surface area contributed by atoms with Crippen molar-refractivity contribution in [2.75, 3.05) is 26.7 Å². The molecule has 0 radical (unpaired) electrons. The van der Waals surface area contributed by atoms with Gasteiger partial charge < -0.3 is 15.1 Å². The third-order valence-corrected chi connectivity index (χ3v) is 6.46. The molecule has 2 heterocycles. The first-order valence-electron chi connectivity index (χ1n) is 10.6. The average molecular weight is 487 g/mol. The molecule has 0 aromatic heterocycles. The number of carbonyl (C=O) groups is 3. The zero-order valence-electron chi connectivity index (χ0n) is 18.3. The van der Waals surface area contributed by atoms with Crippen LogP contribution in [0, 0.1) is 0 Å². The van der Waals surface area contributed by atoms with Crippen LogP contribution in [-0.2, 0) is 16.1 Å². The highest BCUT2D eigenvalue weighted by Gasteiger charge is 2.44. The third-order valence-electron chi connectivity index (χ3n) is 5.90. The minimum atomic E-state index is -0.713. The molecule has 7 nitrogen and oxygen atoms in total. The molecule has 1 N–H and O–H groups in total. The van der Waals surface area contributed by atoms with E-state index in [0.717, 1.165) is 5.56 Å². The number of hydrogen-bond donors (Lipinski definition) is 1. The van der Waals surface area contributed by atoms with Gasteiger partial charge in [-0.2, -0.15) is 0 Å². The molecule has 0 spiro atoms. The van der Waals surface area contributed by atoms with Crippen molar-refractivity contribution >= 4 is 41.0 Å². The molecule has 4 rings (SSSR count). The second-order valence-electron chi connectivity index (χ2n) is 8.05. The second-order valence-corrected chi connectivity index (χ2v) is 8.89. The Morgan fingerprint density at radius 1 is 1.15 bits per heavy atom. The van der Waals surface area contributed by atoms with Crippen LogP contribution in [0.1, 0.15) is 24.1 Å². The normalized spacial score (nSPS) is 17.9. The summed E-state index contributed by atoms with van der Waals surface area (Å²) in [6, 6.07) is 13.6. The second kappa shape index (κ2) is 9.45. The number of urea groups is 1. The van der Waals surface area contributed by atoms with E-state index in [1.54, 1.807) is 30.1 Å². The lowest BCUT2D eigenvalue weighted by Gasteiger charge is -2.33. The van der Waals surface area contributed by atoms with Gasteiger partial charge in [0.2, 0.25) is 5.91 Å². The molecule has 0 saturated heterocycles. The zero-order valence-corrected chi connectivity index (χ0v) is 19.9. The van der Waals surface area contributed by atoms with E-state index in [2.05, 4.69) is 5.32 Å². The number of halogens is 2. The zero-order chi connectivity index (χ0) is 23.7. The van der Waals surface area contributed by atoms with E-state index < -0.39 is 6.04 Å². The van der Waals surface area contributed by atoms with Gasteiger partial charge in [-0.25, -0.2) is 4.79 Å². The molecule has 2 aliphatic rings. The lowest BCUT2D eigenvalue weighted by atomic mass is 9.95. The van der Waals surface area contributed by atoms with Crippen LogP contribution in [0.2, 0.25) is 10.0 Å². The fourth-order valence-corrected chi connectivity index (χ4v) is 4.73. The molecule has 2 aromatic carbocycles. The molecular formula is C24H24Cl2N4O3. The summed E-state index contributed by atoms with van der Waals surface area (Å²) >= 11 is 12.4. The Hall–Kier alpha value is -3.03. The van der Waals surface area contributed by atoms with Gasteiger partial charge in [-0.1, -0.05) is 59.6 Å². The van der Waals surface area contributed by atoms with Gasteiger partial charge in [-0.15, -0.1) is 0 Å². The number of nitrogens with one attached hydrogen (secondary N) is 1. The molecule has 4 amide bonds. The van der Waals surface area contributed by atoms with Crippen LogP contribution < -0.4 is 5.32 Å². The third kappa shape index (κ3) is 4.56. The van der Waals surface area contributed by atoms with Gasteiger partial charge in [0.1, 0.15) is 6.54 Å². The van der Waals surface area contributed by atoms with Crippen LogP contribution in [0.3, 0.4) is 0 Å². The Balaban J connectivity index is 1.57. The van der Waals surface area contributed by atoms with Gasteiger partial charge in [-0.3, -0.25) is 14.5 Å². The van der Waals surface area contributed by atoms with Crippen LogP contribution in [0.15, 0.2) is 59.8 Å². The molecule has 0 fully saturated rings. The fraction of sp³-hybridized carbons (Fsp3) is 0.292. The van der Waals surface area contributed by atoms with E-state index in [1.165, 1.54) is 9.80 Å². The highest BCUT2D eigenvalue weighted by atomic mass is 35.5. The lowest BCUT2D eigenvalue weighted by Crippen LogP contribution is -2.47. The number of rotatable bonds is 6. The maximum Gasteiger partial charge on any atom is 0.322 e. The molecular weight excluding hydrogens is 463 g/mol. The molecule has 172 valence electrons. The van der Waals surface area contributed by atoms with Crippen molar-refractivity contribution in [2.24, 2.45) is 0 Å². The number of amides is 4. The predicted octanol–water partition coefficient (Wildman–Crippen LogP) is 3.83. The SMILES string of the molecule is CCN1C(=O)N[C@@H](c2ccc(Cl)cc2Cl)C2=C1CN(CC(=O)N(C)Cc1ccccc1)C2=O. The molecule has 1 atom stereocenters. The van der Waals surface area contributed by atoms with E-state index in [4.69, 9.17) is 23.2 Å². The van der Waals surface area contributed by atoms with Crippen LogP contribution >= 0.6 is 23.2 Å². The van der Waals surface area contributed by atoms with E-state index in [-0.39, 0.29) is 30.9 Å². The quantitative estimate of drug-likeness (QED) is 0.673. The summed E-state index contributed by atoms with van der Waals surface area (Å²) in [5.41, 5.74) is 2.61. The smallest absolute Gasteiger partial charge is 0.322 e. The number of carbonyl (C=O) groups excluding carboxylic acids is 3. The lowest BCUT2D eigenvalue weighted by molar-refractivity contribution is -0.137. The largest absolute Gasteiger partial charge is 0.340 e. The molecule has 33 heavy (non-hydrogen) atoms. The Kier molecular flexibility index (Phi) is 6.63. The van der Waals surface area contributed by atoms with Gasteiger partial charge >= 0.3 is 6.03 Å². The first kappa shape index (κ1) is 23.1. The predicted molar refractivity (Wildman–Crippen MR) is 127 cm³/mol. The number of hydrogen-bond acceptors (Lipinski definition) is 3. The summed E-state index contributed by atoms with van der Waals surface area (Å²) in [6.45, 7) is 2.78. The number of benzene rings is 2. The summed E-state index contributed by atoms with van der Waals surface area (Å²) in [5, 5.41) is 3.70. The van der Waals surface area contributed by atoms with Crippen LogP contribution in [0.5, 0.6) is 0 Å². The standard InChI is InChI=1S/C24H24Cl2N4O3/c1-3-30-19-13-29(14-20(31)28(2)12-15-7-5-4-6-8-15)23(32)21(19)22(27-24(30)33)17-10-9-16(25)11-18(17)26/h4-11,22H,3,12-14H2,1-2H3,(H,27,33)/t22-/m0/s1. The van der Waals surface area contributed by atoms with Crippen molar-refractivity contribution in [1.82, 2.24) is 20.0 Å². The Morgan fingerprint density at radius 3 is 2.55 bits per heavy atom. The molecule has 0 saturated carbocycles. The summed E-state index contributed by atoms with van der Waals surface area (Å²) in [7, 11) is 1.71. The van der Waals surface area contributed by atoms with Crippen LogP contribution in [0.4, 0.5) is 4.79 Å². The summed E-state index contributed by atoms with van der Waals surface area (Å²) in [6.07, 6.45) is 0.